The van der Waals surface area contributed by atoms with Gasteiger partial charge in [-0.3, -0.25) is 0 Å². The van der Waals surface area contributed by atoms with Crippen LogP contribution in [0.2, 0.25) is 0 Å². The number of alkyl carbamates (subject to hydrolysis) is 1. The van der Waals surface area contributed by atoms with E-state index in [4.69, 9.17) is 10.5 Å². The van der Waals surface area contributed by atoms with Gasteiger partial charge in [0.05, 0.1) is 6.04 Å². The third kappa shape index (κ3) is 5.19. The smallest absolute Gasteiger partial charge is 0.408 e. The Morgan fingerprint density at radius 3 is 2.44 bits per heavy atom. The summed E-state index contributed by atoms with van der Waals surface area (Å²) in [5.74, 6) is 0. The van der Waals surface area contributed by atoms with Crippen molar-refractivity contribution in [2.45, 2.75) is 38.8 Å². The van der Waals surface area contributed by atoms with Gasteiger partial charge in [0.25, 0.3) is 0 Å². The number of carbonyl (C=O) groups is 1. The Labute approximate surface area is 109 Å². The van der Waals surface area contributed by atoms with Crippen LogP contribution >= 0.6 is 0 Å². The van der Waals surface area contributed by atoms with E-state index < -0.39 is 11.7 Å². The van der Waals surface area contributed by atoms with Crippen LogP contribution in [0.4, 0.5) is 4.79 Å². The van der Waals surface area contributed by atoms with E-state index in [1.54, 1.807) is 0 Å². The van der Waals surface area contributed by atoms with Crippen molar-refractivity contribution < 1.29 is 9.53 Å². The lowest BCUT2D eigenvalue weighted by molar-refractivity contribution is 0.0501. The fraction of sp³-hybridized carbons (Fsp3) is 0.500. The Balaban J connectivity index is 2.67. The van der Waals surface area contributed by atoms with E-state index >= 15 is 0 Å². The number of hydrogen-bond donors (Lipinski definition) is 2. The minimum absolute atomic E-state index is 0.106. The first-order valence-corrected chi connectivity index (χ1v) is 6.17. The van der Waals surface area contributed by atoms with Gasteiger partial charge in [-0.2, -0.15) is 0 Å². The molecule has 18 heavy (non-hydrogen) atoms. The molecule has 0 aliphatic heterocycles. The van der Waals surface area contributed by atoms with Gasteiger partial charge < -0.3 is 15.8 Å². The van der Waals surface area contributed by atoms with Crippen LogP contribution in [0.5, 0.6) is 0 Å². The van der Waals surface area contributed by atoms with Crippen molar-refractivity contribution in [1.82, 2.24) is 5.32 Å². The third-order valence-corrected chi connectivity index (χ3v) is 2.35. The Morgan fingerprint density at radius 2 is 1.94 bits per heavy atom. The normalized spacial score (nSPS) is 12.9. The third-order valence-electron chi connectivity index (χ3n) is 2.35. The maximum absolute atomic E-state index is 11.7. The highest BCUT2D eigenvalue weighted by atomic mass is 16.6. The summed E-state index contributed by atoms with van der Waals surface area (Å²) in [5.41, 5.74) is 6.12. The van der Waals surface area contributed by atoms with Gasteiger partial charge in [0.15, 0.2) is 0 Å². The fourth-order valence-electron chi connectivity index (χ4n) is 1.62. The summed E-state index contributed by atoms with van der Waals surface area (Å²) in [6.45, 7) is 6.03. The van der Waals surface area contributed by atoms with Gasteiger partial charge >= 0.3 is 6.09 Å². The van der Waals surface area contributed by atoms with Crippen molar-refractivity contribution in [1.29, 1.82) is 0 Å². The van der Waals surface area contributed by atoms with Crippen molar-refractivity contribution in [2.75, 3.05) is 6.54 Å². The average molecular weight is 250 g/mol. The molecule has 0 aromatic heterocycles. The summed E-state index contributed by atoms with van der Waals surface area (Å²) in [5, 5.41) is 2.85. The Hall–Kier alpha value is -1.55. The van der Waals surface area contributed by atoms with Crippen LogP contribution < -0.4 is 11.1 Å². The first-order chi connectivity index (χ1) is 8.42. The molecule has 0 unspecified atom stereocenters. The summed E-state index contributed by atoms with van der Waals surface area (Å²) in [4.78, 5) is 11.7. The molecule has 1 aromatic carbocycles. The molecule has 0 bridgehead atoms. The maximum Gasteiger partial charge on any atom is 0.408 e. The predicted molar refractivity (Wildman–Crippen MR) is 72.2 cm³/mol. The minimum Gasteiger partial charge on any atom is -0.444 e. The van der Waals surface area contributed by atoms with Gasteiger partial charge in [0.1, 0.15) is 5.60 Å². The molecule has 0 radical (unpaired) electrons. The molecule has 0 spiro atoms. The number of rotatable bonds is 4. The van der Waals surface area contributed by atoms with Crippen molar-refractivity contribution in [2.24, 2.45) is 5.73 Å². The molecule has 4 nitrogen and oxygen atoms in total. The molecule has 0 saturated carbocycles. The van der Waals surface area contributed by atoms with E-state index in [9.17, 15) is 4.79 Å². The molecule has 0 fully saturated rings. The summed E-state index contributed by atoms with van der Waals surface area (Å²) >= 11 is 0. The molecule has 1 atom stereocenters. The molecule has 0 saturated heterocycles. The van der Waals surface area contributed by atoms with Crippen LogP contribution in [-0.4, -0.2) is 18.2 Å². The number of amides is 1. The number of nitrogens with one attached hydrogen (secondary N) is 1. The van der Waals surface area contributed by atoms with Gasteiger partial charge in [-0.1, -0.05) is 30.3 Å². The standard InChI is InChI=1S/C14H22N2O2/c1-14(2,3)18-13(17)16-12(9-10-15)11-7-5-4-6-8-11/h4-8,12H,9-10,15H2,1-3H3,(H,16,17)/t12-/m1/s1. The highest BCUT2D eigenvalue weighted by Crippen LogP contribution is 2.17. The second kappa shape index (κ2) is 6.40. The van der Waals surface area contributed by atoms with E-state index in [-0.39, 0.29) is 6.04 Å². The molecule has 100 valence electrons. The molecule has 1 amide bonds. The number of ether oxygens (including phenoxy) is 1. The summed E-state index contributed by atoms with van der Waals surface area (Å²) in [6, 6.07) is 9.66. The SMILES string of the molecule is CC(C)(C)OC(=O)N[C@H](CCN)c1ccccc1. The van der Waals surface area contributed by atoms with Gasteiger partial charge in [-0.15, -0.1) is 0 Å². The van der Waals surface area contributed by atoms with Gasteiger partial charge in [0.2, 0.25) is 0 Å². The maximum atomic E-state index is 11.7. The van der Waals surface area contributed by atoms with E-state index in [0.717, 1.165) is 5.56 Å². The topological polar surface area (TPSA) is 64.3 Å². The van der Waals surface area contributed by atoms with Crippen molar-refractivity contribution in [3.63, 3.8) is 0 Å². The Bertz CT molecular complexity index is 371. The zero-order valence-electron chi connectivity index (χ0n) is 11.3. The largest absolute Gasteiger partial charge is 0.444 e. The van der Waals surface area contributed by atoms with Crippen LogP contribution in [0.3, 0.4) is 0 Å². The molecule has 0 aliphatic rings. The number of benzene rings is 1. The first-order valence-electron chi connectivity index (χ1n) is 6.17. The van der Waals surface area contributed by atoms with Crippen molar-refractivity contribution >= 4 is 6.09 Å². The quantitative estimate of drug-likeness (QED) is 0.863. The Kier molecular flexibility index (Phi) is 5.16. The van der Waals surface area contributed by atoms with Crippen LogP contribution in [0.25, 0.3) is 0 Å². The highest BCUT2D eigenvalue weighted by molar-refractivity contribution is 5.68. The summed E-state index contributed by atoms with van der Waals surface area (Å²) < 4.78 is 5.25. The zero-order chi connectivity index (χ0) is 13.6. The molecule has 0 aliphatic carbocycles. The second-order valence-electron chi connectivity index (χ2n) is 5.19. The van der Waals surface area contributed by atoms with Gasteiger partial charge in [-0.25, -0.2) is 4.79 Å². The first kappa shape index (κ1) is 14.5. The minimum atomic E-state index is -0.492. The van der Waals surface area contributed by atoms with Crippen LogP contribution in [0.1, 0.15) is 38.8 Å². The van der Waals surface area contributed by atoms with E-state index in [0.29, 0.717) is 13.0 Å². The summed E-state index contributed by atoms with van der Waals surface area (Å²) in [7, 11) is 0. The van der Waals surface area contributed by atoms with Crippen LogP contribution in [-0.2, 0) is 4.74 Å². The molecule has 4 heteroatoms. The lowest BCUT2D eigenvalue weighted by Crippen LogP contribution is -2.35. The summed E-state index contributed by atoms with van der Waals surface area (Å²) in [6.07, 6.45) is 0.272. The number of hydrogen-bond acceptors (Lipinski definition) is 3. The fourth-order valence-corrected chi connectivity index (χ4v) is 1.62. The molecule has 1 rings (SSSR count). The lowest BCUT2D eigenvalue weighted by Gasteiger charge is -2.23. The van der Waals surface area contributed by atoms with Crippen molar-refractivity contribution in [3.8, 4) is 0 Å². The predicted octanol–water partition coefficient (Wildman–Crippen LogP) is 2.60. The van der Waals surface area contributed by atoms with E-state index in [1.807, 2.05) is 51.1 Å². The van der Waals surface area contributed by atoms with E-state index in [2.05, 4.69) is 5.32 Å². The Morgan fingerprint density at radius 1 is 1.33 bits per heavy atom. The monoisotopic (exact) mass is 250 g/mol. The zero-order valence-corrected chi connectivity index (χ0v) is 11.3. The molecule has 3 N–H and O–H groups in total. The van der Waals surface area contributed by atoms with Crippen LogP contribution in [0.15, 0.2) is 30.3 Å². The lowest BCUT2D eigenvalue weighted by atomic mass is 10.0. The van der Waals surface area contributed by atoms with Crippen LogP contribution in [0, 0.1) is 0 Å². The molecular weight excluding hydrogens is 228 g/mol. The van der Waals surface area contributed by atoms with Gasteiger partial charge in [0, 0.05) is 0 Å². The molecular formula is C14H22N2O2. The molecule has 1 aromatic rings. The highest BCUT2D eigenvalue weighted by Gasteiger charge is 2.19. The molecule has 0 heterocycles. The number of nitrogens with two attached hydrogens (primary N) is 1. The number of carbonyl (C=O) groups excluding carboxylic acids is 1. The van der Waals surface area contributed by atoms with Gasteiger partial charge in [-0.05, 0) is 39.3 Å². The average Bonchev–Trinajstić information content (AvgIpc) is 2.27. The van der Waals surface area contributed by atoms with Crippen molar-refractivity contribution in [3.05, 3.63) is 35.9 Å². The second-order valence-corrected chi connectivity index (χ2v) is 5.19. The van der Waals surface area contributed by atoms with E-state index in [1.165, 1.54) is 0 Å².